The standard InChI is InChI=1S/C13H20N4OS.ClH/c1-3-11-12(19-16-15-11)13(18)17(2)10-6-8-4-5-9(7-10)14-8;/h8-10,14H,3-7H2,1-2H3;1H. The van der Waals surface area contributed by atoms with Gasteiger partial charge in [0, 0.05) is 25.2 Å². The molecule has 1 aromatic heterocycles. The lowest BCUT2D eigenvalue weighted by Gasteiger charge is -2.35. The molecule has 2 aliphatic rings. The van der Waals surface area contributed by atoms with Gasteiger partial charge in [-0.3, -0.25) is 4.79 Å². The van der Waals surface area contributed by atoms with Gasteiger partial charge >= 0.3 is 0 Å². The van der Waals surface area contributed by atoms with Crippen molar-refractivity contribution in [3.05, 3.63) is 10.6 Å². The van der Waals surface area contributed by atoms with E-state index in [1.807, 2.05) is 18.9 Å². The number of hydrogen-bond acceptors (Lipinski definition) is 5. The van der Waals surface area contributed by atoms with E-state index in [1.54, 1.807) is 0 Å². The number of aromatic nitrogens is 2. The molecule has 0 spiro atoms. The highest BCUT2D eigenvalue weighted by Gasteiger charge is 2.37. The lowest BCUT2D eigenvalue weighted by atomic mass is 9.98. The van der Waals surface area contributed by atoms with Gasteiger partial charge in [0.15, 0.2) is 0 Å². The van der Waals surface area contributed by atoms with Gasteiger partial charge in [0.1, 0.15) is 4.88 Å². The fourth-order valence-electron chi connectivity index (χ4n) is 3.27. The lowest BCUT2D eigenvalue weighted by Crippen LogP contribution is -2.48. The number of nitrogens with zero attached hydrogens (tertiary/aromatic N) is 3. The number of hydrogen-bond donors (Lipinski definition) is 1. The van der Waals surface area contributed by atoms with Crippen molar-refractivity contribution >= 4 is 29.8 Å². The van der Waals surface area contributed by atoms with Crippen molar-refractivity contribution in [3.63, 3.8) is 0 Å². The summed E-state index contributed by atoms with van der Waals surface area (Å²) in [6.45, 7) is 2.01. The minimum absolute atomic E-state index is 0. The zero-order valence-corrected chi connectivity index (χ0v) is 13.5. The van der Waals surface area contributed by atoms with Crippen LogP contribution in [-0.4, -0.2) is 45.6 Å². The SMILES string of the molecule is CCc1nnsc1C(=O)N(C)C1CC2CCC(C1)N2.Cl. The number of rotatable bonds is 3. The van der Waals surface area contributed by atoms with E-state index in [2.05, 4.69) is 14.9 Å². The first-order valence-corrected chi connectivity index (χ1v) is 7.80. The van der Waals surface area contributed by atoms with E-state index in [1.165, 1.54) is 24.4 Å². The zero-order valence-electron chi connectivity index (χ0n) is 11.8. The van der Waals surface area contributed by atoms with Crippen LogP contribution in [0, 0.1) is 0 Å². The van der Waals surface area contributed by atoms with Gasteiger partial charge in [-0.15, -0.1) is 17.5 Å². The summed E-state index contributed by atoms with van der Waals surface area (Å²) in [7, 11) is 1.93. The number of aryl methyl sites for hydroxylation is 1. The highest BCUT2D eigenvalue weighted by atomic mass is 35.5. The molecule has 3 heterocycles. The molecule has 1 amide bonds. The molecule has 1 N–H and O–H groups in total. The van der Waals surface area contributed by atoms with Crippen LogP contribution in [0.25, 0.3) is 0 Å². The summed E-state index contributed by atoms with van der Waals surface area (Å²) in [6, 6.07) is 1.56. The molecule has 3 rings (SSSR count). The minimum atomic E-state index is 0. The number of carbonyl (C=O) groups excluding carboxylic acids is 1. The van der Waals surface area contributed by atoms with E-state index in [0.717, 1.165) is 29.8 Å². The number of nitrogens with one attached hydrogen (secondary N) is 1. The third kappa shape index (κ3) is 2.82. The number of halogens is 1. The summed E-state index contributed by atoms with van der Waals surface area (Å²) in [4.78, 5) is 15.2. The first-order chi connectivity index (χ1) is 9.19. The molecule has 1 aromatic rings. The molecule has 5 nitrogen and oxygen atoms in total. The van der Waals surface area contributed by atoms with Crippen molar-refractivity contribution in [1.29, 1.82) is 0 Å². The summed E-state index contributed by atoms with van der Waals surface area (Å²) in [6.07, 6.45) is 5.43. The van der Waals surface area contributed by atoms with Crippen LogP contribution < -0.4 is 5.32 Å². The van der Waals surface area contributed by atoms with E-state index in [-0.39, 0.29) is 18.3 Å². The number of amides is 1. The van der Waals surface area contributed by atoms with E-state index in [4.69, 9.17) is 0 Å². The molecule has 2 saturated heterocycles. The molecule has 2 aliphatic heterocycles. The first-order valence-electron chi connectivity index (χ1n) is 7.03. The van der Waals surface area contributed by atoms with Crippen LogP contribution in [0.3, 0.4) is 0 Å². The van der Waals surface area contributed by atoms with Gasteiger partial charge in [0.05, 0.1) is 5.69 Å². The Morgan fingerprint density at radius 1 is 1.40 bits per heavy atom. The Labute approximate surface area is 129 Å². The van der Waals surface area contributed by atoms with Crippen LogP contribution in [0.5, 0.6) is 0 Å². The Morgan fingerprint density at radius 3 is 2.65 bits per heavy atom. The molecule has 2 unspecified atom stereocenters. The Morgan fingerprint density at radius 2 is 2.05 bits per heavy atom. The fourth-order valence-corrected chi connectivity index (χ4v) is 4.01. The topological polar surface area (TPSA) is 58.1 Å². The van der Waals surface area contributed by atoms with E-state index in [0.29, 0.717) is 18.1 Å². The molecule has 7 heteroatoms. The Kier molecular flexibility index (Phi) is 4.99. The average molecular weight is 317 g/mol. The molecular formula is C13H21ClN4OS. The maximum atomic E-state index is 12.6. The van der Waals surface area contributed by atoms with Gasteiger partial charge < -0.3 is 10.2 Å². The van der Waals surface area contributed by atoms with Gasteiger partial charge in [-0.25, -0.2) is 0 Å². The molecule has 20 heavy (non-hydrogen) atoms. The van der Waals surface area contributed by atoms with Crippen LogP contribution >= 0.6 is 23.9 Å². The second kappa shape index (κ2) is 6.37. The predicted molar refractivity (Wildman–Crippen MR) is 81.6 cm³/mol. The largest absolute Gasteiger partial charge is 0.338 e. The summed E-state index contributed by atoms with van der Waals surface area (Å²) in [5.74, 6) is 0.0955. The summed E-state index contributed by atoms with van der Waals surface area (Å²) >= 11 is 1.22. The number of piperidine rings is 1. The van der Waals surface area contributed by atoms with Crippen LogP contribution in [0.1, 0.15) is 48.0 Å². The number of carbonyl (C=O) groups is 1. The van der Waals surface area contributed by atoms with Crippen molar-refractivity contribution in [3.8, 4) is 0 Å². The monoisotopic (exact) mass is 316 g/mol. The molecule has 2 atom stereocenters. The highest BCUT2D eigenvalue weighted by Crippen LogP contribution is 2.30. The van der Waals surface area contributed by atoms with Gasteiger partial charge in [-0.2, -0.15) is 0 Å². The van der Waals surface area contributed by atoms with Crippen LogP contribution in [0.15, 0.2) is 0 Å². The zero-order chi connectivity index (χ0) is 13.4. The second-order valence-electron chi connectivity index (χ2n) is 5.58. The predicted octanol–water partition coefficient (Wildman–Crippen LogP) is 1.88. The van der Waals surface area contributed by atoms with Crippen molar-refractivity contribution in [2.45, 2.75) is 57.2 Å². The van der Waals surface area contributed by atoms with E-state index >= 15 is 0 Å². The maximum absolute atomic E-state index is 12.6. The summed E-state index contributed by atoms with van der Waals surface area (Å²) in [5.41, 5.74) is 0.832. The molecule has 112 valence electrons. The highest BCUT2D eigenvalue weighted by molar-refractivity contribution is 7.08. The van der Waals surface area contributed by atoms with Crippen LogP contribution in [-0.2, 0) is 6.42 Å². The molecule has 0 radical (unpaired) electrons. The molecule has 0 aromatic carbocycles. The molecular weight excluding hydrogens is 296 g/mol. The average Bonchev–Trinajstić information content (AvgIpc) is 3.03. The third-order valence-corrected chi connectivity index (χ3v) is 5.16. The van der Waals surface area contributed by atoms with Crippen molar-refractivity contribution in [2.24, 2.45) is 0 Å². The van der Waals surface area contributed by atoms with Gasteiger partial charge in [0.25, 0.3) is 5.91 Å². The summed E-state index contributed by atoms with van der Waals surface area (Å²) in [5, 5.41) is 7.65. The third-order valence-electron chi connectivity index (χ3n) is 4.40. The van der Waals surface area contributed by atoms with Crippen LogP contribution in [0.4, 0.5) is 0 Å². The van der Waals surface area contributed by atoms with Gasteiger partial charge in [-0.05, 0) is 43.6 Å². The molecule has 0 aliphatic carbocycles. The second-order valence-corrected chi connectivity index (χ2v) is 6.34. The lowest BCUT2D eigenvalue weighted by molar-refractivity contribution is 0.0685. The van der Waals surface area contributed by atoms with Crippen LogP contribution in [0.2, 0.25) is 0 Å². The molecule has 0 saturated carbocycles. The Balaban J connectivity index is 0.00000147. The minimum Gasteiger partial charge on any atom is -0.338 e. The van der Waals surface area contributed by atoms with E-state index in [9.17, 15) is 4.79 Å². The molecule has 2 bridgehead atoms. The van der Waals surface area contributed by atoms with Crippen molar-refractivity contribution in [2.75, 3.05) is 7.05 Å². The quantitative estimate of drug-likeness (QED) is 0.925. The van der Waals surface area contributed by atoms with Crippen molar-refractivity contribution in [1.82, 2.24) is 19.8 Å². The normalized spacial score (nSPS) is 28.0. The van der Waals surface area contributed by atoms with Gasteiger partial charge in [-0.1, -0.05) is 11.4 Å². The summed E-state index contributed by atoms with van der Waals surface area (Å²) < 4.78 is 3.92. The van der Waals surface area contributed by atoms with Gasteiger partial charge in [0.2, 0.25) is 0 Å². The van der Waals surface area contributed by atoms with E-state index < -0.39 is 0 Å². The first kappa shape index (κ1) is 15.7. The Bertz CT molecular complexity index is 469. The Hall–Kier alpha value is -0.720. The number of fused-ring (bicyclic) bond motifs is 2. The smallest absolute Gasteiger partial charge is 0.267 e. The van der Waals surface area contributed by atoms with Crippen molar-refractivity contribution < 1.29 is 4.79 Å². The maximum Gasteiger partial charge on any atom is 0.267 e. The fraction of sp³-hybridized carbons (Fsp3) is 0.769. The molecule has 2 fully saturated rings.